The van der Waals surface area contributed by atoms with E-state index in [1.54, 1.807) is 18.4 Å². The molecule has 0 N–H and O–H groups in total. The molecule has 3 heterocycles. The van der Waals surface area contributed by atoms with Crippen LogP contribution in [0.15, 0.2) is 40.1 Å². The molecule has 1 fully saturated rings. The van der Waals surface area contributed by atoms with E-state index in [9.17, 15) is 0 Å². The number of oxazole rings is 1. The van der Waals surface area contributed by atoms with Crippen molar-refractivity contribution in [2.75, 3.05) is 20.2 Å². The van der Waals surface area contributed by atoms with Crippen LogP contribution in [-0.2, 0) is 6.54 Å². The first kappa shape index (κ1) is 19.0. The number of nitrogens with zero attached hydrogens (tertiary/aromatic N) is 2. The zero-order chi connectivity index (χ0) is 19.5. The predicted molar refractivity (Wildman–Crippen MR) is 111 cm³/mol. The summed E-state index contributed by atoms with van der Waals surface area (Å²) in [6.45, 7) is 6.89. The summed E-state index contributed by atoms with van der Waals surface area (Å²) >= 11 is 1.68. The van der Waals surface area contributed by atoms with Gasteiger partial charge in [-0.25, -0.2) is 4.98 Å². The summed E-state index contributed by atoms with van der Waals surface area (Å²) in [6, 6.07) is 9.95. The van der Waals surface area contributed by atoms with Crippen LogP contribution in [0.2, 0.25) is 0 Å². The van der Waals surface area contributed by atoms with Gasteiger partial charge in [0.2, 0.25) is 5.89 Å². The molecule has 0 unspecified atom stereocenters. The number of ether oxygens (including phenoxy) is 2. The maximum Gasteiger partial charge on any atom is 0.237 e. The van der Waals surface area contributed by atoms with E-state index >= 15 is 0 Å². The lowest BCUT2D eigenvalue weighted by molar-refractivity contribution is 0.0935. The number of thiophene rings is 1. The second-order valence-corrected chi connectivity index (χ2v) is 8.11. The first-order valence-corrected chi connectivity index (χ1v) is 10.5. The Labute approximate surface area is 169 Å². The van der Waals surface area contributed by atoms with Gasteiger partial charge in [-0.15, -0.1) is 11.3 Å². The van der Waals surface area contributed by atoms with Crippen LogP contribution < -0.4 is 9.47 Å². The monoisotopic (exact) mass is 398 g/mol. The van der Waals surface area contributed by atoms with Crippen molar-refractivity contribution >= 4 is 11.3 Å². The maximum absolute atomic E-state index is 6.18. The molecule has 1 aliphatic rings. The summed E-state index contributed by atoms with van der Waals surface area (Å²) in [5.41, 5.74) is 2.25. The highest BCUT2D eigenvalue weighted by molar-refractivity contribution is 7.13. The van der Waals surface area contributed by atoms with Crippen LogP contribution in [0.25, 0.3) is 10.8 Å². The zero-order valence-electron chi connectivity index (χ0n) is 16.6. The molecule has 1 aromatic carbocycles. The van der Waals surface area contributed by atoms with Gasteiger partial charge in [0.05, 0.1) is 17.7 Å². The minimum Gasteiger partial charge on any atom is -0.493 e. The average molecular weight is 399 g/mol. The molecule has 148 valence electrons. The fourth-order valence-corrected chi connectivity index (χ4v) is 4.41. The molecule has 0 bridgehead atoms. The Morgan fingerprint density at radius 2 is 1.89 bits per heavy atom. The Kier molecular flexibility index (Phi) is 5.69. The van der Waals surface area contributed by atoms with Gasteiger partial charge in [-0.2, -0.15) is 0 Å². The summed E-state index contributed by atoms with van der Waals surface area (Å²) in [7, 11) is 1.68. The van der Waals surface area contributed by atoms with E-state index in [-0.39, 0.29) is 6.10 Å². The van der Waals surface area contributed by atoms with E-state index in [0.717, 1.165) is 66.2 Å². The zero-order valence-corrected chi connectivity index (χ0v) is 17.4. The van der Waals surface area contributed by atoms with Crippen LogP contribution in [-0.4, -0.2) is 36.2 Å². The predicted octanol–water partition coefficient (Wildman–Crippen LogP) is 5.07. The normalized spacial score (nSPS) is 15.7. The van der Waals surface area contributed by atoms with Gasteiger partial charge in [0, 0.05) is 19.6 Å². The number of benzene rings is 1. The largest absolute Gasteiger partial charge is 0.493 e. The van der Waals surface area contributed by atoms with Crippen LogP contribution in [0, 0.1) is 13.8 Å². The molecule has 0 spiro atoms. The molecule has 3 aromatic rings. The summed E-state index contributed by atoms with van der Waals surface area (Å²) in [5, 5.41) is 2.08. The van der Waals surface area contributed by atoms with E-state index < -0.39 is 0 Å². The van der Waals surface area contributed by atoms with Crippen molar-refractivity contribution < 1.29 is 13.9 Å². The summed E-state index contributed by atoms with van der Waals surface area (Å²) < 4.78 is 17.5. The van der Waals surface area contributed by atoms with Gasteiger partial charge in [-0.1, -0.05) is 12.1 Å². The van der Waals surface area contributed by atoms with E-state index in [0.29, 0.717) is 0 Å². The third kappa shape index (κ3) is 4.08. The Morgan fingerprint density at radius 1 is 1.14 bits per heavy atom. The maximum atomic E-state index is 6.18. The second kappa shape index (κ2) is 8.37. The van der Waals surface area contributed by atoms with Crippen molar-refractivity contribution in [2.24, 2.45) is 0 Å². The Bertz CT molecular complexity index is 926. The van der Waals surface area contributed by atoms with Gasteiger partial charge < -0.3 is 13.9 Å². The van der Waals surface area contributed by atoms with Gasteiger partial charge in [0.1, 0.15) is 11.9 Å². The van der Waals surface area contributed by atoms with Gasteiger partial charge in [-0.05, 0) is 55.8 Å². The highest BCUT2D eigenvalue weighted by Crippen LogP contribution is 2.31. The van der Waals surface area contributed by atoms with Crippen LogP contribution in [0.3, 0.4) is 0 Å². The number of aryl methyl sites for hydroxylation is 2. The summed E-state index contributed by atoms with van der Waals surface area (Å²) in [6.07, 6.45) is 2.20. The molecular formula is C22H26N2O3S. The molecule has 0 atom stereocenters. The second-order valence-electron chi connectivity index (χ2n) is 7.20. The van der Waals surface area contributed by atoms with Gasteiger partial charge >= 0.3 is 0 Å². The SMILES string of the molecule is COc1ccccc1OC1CCN(Cc2nc(-c3sccc3C)oc2C)CC1. The average Bonchev–Trinajstić information content (AvgIpc) is 3.29. The molecule has 5 nitrogen and oxygen atoms in total. The molecule has 1 aliphatic heterocycles. The quantitative estimate of drug-likeness (QED) is 0.580. The summed E-state index contributed by atoms with van der Waals surface area (Å²) in [5.74, 6) is 3.27. The van der Waals surface area contributed by atoms with Gasteiger partial charge in [0.15, 0.2) is 11.5 Å². The molecule has 6 heteroatoms. The van der Waals surface area contributed by atoms with E-state index in [1.807, 2.05) is 31.2 Å². The van der Waals surface area contributed by atoms with E-state index in [1.165, 1.54) is 5.56 Å². The molecule has 28 heavy (non-hydrogen) atoms. The molecule has 0 radical (unpaired) electrons. The lowest BCUT2D eigenvalue weighted by atomic mass is 10.1. The number of likely N-dealkylation sites (tertiary alicyclic amines) is 1. The third-order valence-electron chi connectivity index (χ3n) is 5.22. The minimum atomic E-state index is 0.218. The number of rotatable bonds is 6. The number of hydrogen-bond acceptors (Lipinski definition) is 6. The number of piperidine rings is 1. The molecule has 4 rings (SSSR count). The molecule has 2 aromatic heterocycles. The van der Waals surface area contributed by atoms with Crippen LogP contribution in [0.4, 0.5) is 0 Å². The lowest BCUT2D eigenvalue weighted by Gasteiger charge is -2.32. The number of aromatic nitrogens is 1. The smallest absolute Gasteiger partial charge is 0.237 e. The van der Waals surface area contributed by atoms with Crippen molar-refractivity contribution in [2.45, 2.75) is 39.3 Å². The summed E-state index contributed by atoms with van der Waals surface area (Å²) in [4.78, 5) is 8.32. The lowest BCUT2D eigenvalue weighted by Crippen LogP contribution is -2.38. The van der Waals surface area contributed by atoms with E-state index in [4.69, 9.17) is 18.9 Å². The minimum absolute atomic E-state index is 0.218. The van der Waals surface area contributed by atoms with Crippen LogP contribution >= 0.6 is 11.3 Å². The van der Waals surface area contributed by atoms with E-state index in [2.05, 4.69) is 23.3 Å². The Balaban J connectivity index is 1.35. The van der Waals surface area contributed by atoms with Crippen molar-refractivity contribution in [3.63, 3.8) is 0 Å². The standard InChI is InChI=1S/C22H26N2O3S/c1-15-10-13-28-21(15)22-23-18(16(2)26-22)14-24-11-8-17(9-12-24)27-20-7-5-4-6-19(20)25-3/h4-7,10,13,17H,8-9,11-12,14H2,1-3H3. The molecule has 1 saturated heterocycles. The first-order valence-electron chi connectivity index (χ1n) is 9.67. The third-order valence-corrected chi connectivity index (χ3v) is 6.22. The van der Waals surface area contributed by atoms with Crippen molar-refractivity contribution in [1.82, 2.24) is 9.88 Å². The number of para-hydroxylation sites is 2. The molecule has 0 aliphatic carbocycles. The number of methoxy groups -OCH3 is 1. The molecular weight excluding hydrogens is 372 g/mol. The Morgan fingerprint density at radius 3 is 2.57 bits per heavy atom. The fourth-order valence-electron chi connectivity index (χ4n) is 3.56. The highest BCUT2D eigenvalue weighted by Gasteiger charge is 2.23. The highest BCUT2D eigenvalue weighted by atomic mass is 32.1. The Hall–Kier alpha value is -2.31. The molecule has 0 saturated carbocycles. The van der Waals surface area contributed by atoms with Crippen molar-refractivity contribution in [3.8, 4) is 22.3 Å². The fraction of sp³-hybridized carbons (Fsp3) is 0.409. The van der Waals surface area contributed by atoms with Gasteiger partial charge in [-0.3, -0.25) is 4.90 Å². The van der Waals surface area contributed by atoms with Crippen molar-refractivity contribution in [3.05, 3.63) is 52.7 Å². The topological polar surface area (TPSA) is 47.7 Å². The van der Waals surface area contributed by atoms with Gasteiger partial charge in [0.25, 0.3) is 0 Å². The first-order chi connectivity index (χ1) is 13.6. The van der Waals surface area contributed by atoms with Crippen LogP contribution in [0.5, 0.6) is 11.5 Å². The number of hydrogen-bond donors (Lipinski definition) is 0. The molecule has 0 amide bonds. The van der Waals surface area contributed by atoms with Crippen molar-refractivity contribution in [1.29, 1.82) is 0 Å². The van der Waals surface area contributed by atoms with Crippen LogP contribution in [0.1, 0.15) is 29.9 Å².